The third-order valence-corrected chi connectivity index (χ3v) is 5.52. The van der Waals surface area contributed by atoms with Crippen molar-refractivity contribution in [3.05, 3.63) is 10.6 Å². The molecule has 0 atom stereocenters. The molecule has 1 aromatic heterocycles. The Bertz CT molecular complexity index is 422. The van der Waals surface area contributed by atoms with Gasteiger partial charge in [0.05, 0.1) is 17.2 Å². The fourth-order valence-corrected chi connectivity index (χ4v) is 4.35. The Morgan fingerprint density at radius 1 is 1.21 bits per heavy atom. The van der Waals surface area contributed by atoms with E-state index in [1.807, 2.05) is 0 Å². The smallest absolute Gasteiger partial charge is 0.186 e. The number of thiazole rings is 1. The van der Waals surface area contributed by atoms with E-state index in [9.17, 15) is 5.11 Å². The molecule has 4 heteroatoms. The highest BCUT2D eigenvalue weighted by atomic mass is 32.1. The molecule has 1 heterocycles. The summed E-state index contributed by atoms with van der Waals surface area (Å²) < 4.78 is 0. The summed E-state index contributed by atoms with van der Waals surface area (Å²) in [6.45, 7) is 3.42. The molecular weight excluding hydrogens is 256 g/mol. The molecule has 0 aliphatic heterocycles. The Morgan fingerprint density at radius 3 is 2.53 bits per heavy atom. The molecule has 2 fully saturated rings. The summed E-state index contributed by atoms with van der Waals surface area (Å²) >= 11 is 1.72. The molecule has 0 saturated heterocycles. The summed E-state index contributed by atoms with van der Waals surface area (Å²) in [7, 11) is 0. The van der Waals surface area contributed by atoms with E-state index in [4.69, 9.17) is 4.98 Å². The molecule has 0 radical (unpaired) electrons. The van der Waals surface area contributed by atoms with Crippen molar-refractivity contribution in [1.29, 1.82) is 0 Å². The maximum atomic E-state index is 9.53. The number of hydrogen-bond acceptors (Lipinski definition) is 4. The Morgan fingerprint density at radius 2 is 1.95 bits per heavy atom. The molecule has 19 heavy (non-hydrogen) atoms. The summed E-state index contributed by atoms with van der Waals surface area (Å²) in [6, 6.07) is 0.670. The van der Waals surface area contributed by atoms with Gasteiger partial charge in [0.25, 0.3) is 0 Å². The van der Waals surface area contributed by atoms with E-state index >= 15 is 0 Å². The lowest BCUT2D eigenvalue weighted by atomic mass is 9.94. The highest BCUT2D eigenvalue weighted by Crippen LogP contribution is 2.44. The average Bonchev–Trinajstić information content (AvgIpc) is 3.22. The van der Waals surface area contributed by atoms with Crippen LogP contribution >= 0.6 is 11.3 Å². The minimum Gasteiger partial charge on any atom is -0.391 e. The molecule has 2 aliphatic carbocycles. The zero-order chi connectivity index (χ0) is 13.2. The first-order valence-electron chi connectivity index (χ1n) is 7.70. The lowest BCUT2D eigenvalue weighted by Gasteiger charge is -2.33. The van der Waals surface area contributed by atoms with Crippen LogP contribution in [0.5, 0.6) is 0 Å². The van der Waals surface area contributed by atoms with Crippen molar-refractivity contribution in [1.82, 2.24) is 4.98 Å². The van der Waals surface area contributed by atoms with E-state index in [-0.39, 0.29) is 6.61 Å². The van der Waals surface area contributed by atoms with Gasteiger partial charge in [-0.2, -0.15) is 0 Å². The number of rotatable bonds is 5. The first-order valence-corrected chi connectivity index (χ1v) is 8.52. The van der Waals surface area contributed by atoms with Gasteiger partial charge in [-0.3, -0.25) is 0 Å². The maximum absolute atomic E-state index is 9.53. The molecular formula is C15H24N2OS. The van der Waals surface area contributed by atoms with Gasteiger partial charge in [-0.05, 0) is 32.6 Å². The van der Waals surface area contributed by atoms with Gasteiger partial charge < -0.3 is 10.0 Å². The maximum Gasteiger partial charge on any atom is 0.186 e. The molecule has 3 rings (SSSR count). The number of aromatic nitrogens is 1. The summed E-state index contributed by atoms with van der Waals surface area (Å²) in [4.78, 5) is 8.46. The molecule has 0 aromatic carbocycles. The Balaban J connectivity index is 1.81. The van der Waals surface area contributed by atoms with Crippen molar-refractivity contribution in [3.63, 3.8) is 0 Å². The Labute approximate surface area is 119 Å². The largest absolute Gasteiger partial charge is 0.391 e. The van der Waals surface area contributed by atoms with Crippen molar-refractivity contribution < 1.29 is 5.11 Å². The summed E-state index contributed by atoms with van der Waals surface area (Å²) in [6.07, 6.45) is 9.23. The predicted molar refractivity (Wildman–Crippen MR) is 79.9 cm³/mol. The van der Waals surface area contributed by atoms with Crippen LogP contribution in [0.3, 0.4) is 0 Å². The second kappa shape index (κ2) is 5.80. The highest BCUT2D eigenvalue weighted by molar-refractivity contribution is 7.15. The van der Waals surface area contributed by atoms with Crippen LogP contribution in [0.25, 0.3) is 0 Å². The first-order chi connectivity index (χ1) is 9.33. The Hall–Kier alpha value is -0.610. The van der Waals surface area contributed by atoms with Crippen LogP contribution in [0.2, 0.25) is 0 Å². The minimum atomic E-state index is 0.158. The monoisotopic (exact) mass is 280 g/mol. The number of anilines is 1. The third-order valence-electron chi connectivity index (χ3n) is 4.43. The molecule has 1 aromatic rings. The van der Waals surface area contributed by atoms with Crippen LogP contribution in [-0.4, -0.2) is 22.7 Å². The standard InChI is InChI=1S/C15H24N2OS/c1-2-17(12-6-4-3-5-7-12)15-16-14(11-8-9-11)13(10-18)19-15/h11-12,18H,2-10H2,1H3. The van der Waals surface area contributed by atoms with Gasteiger partial charge in [0.2, 0.25) is 0 Å². The molecule has 1 N–H and O–H groups in total. The number of aliphatic hydroxyl groups excluding tert-OH is 1. The zero-order valence-corrected chi connectivity index (χ0v) is 12.6. The van der Waals surface area contributed by atoms with Gasteiger partial charge in [0, 0.05) is 18.5 Å². The highest BCUT2D eigenvalue weighted by Gasteiger charge is 2.31. The van der Waals surface area contributed by atoms with E-state index in [0.29, 0.717) is 12.0 Å². The molecule has 2 saturated carbocycles. The van der Waals surface area contributed by atoms with Crippen LogP contribution < -0.4 is 4.90 Å². The van der Waals surface area contributed by atoms with Crippen LogP contribution in [0.4, 0.5) is 5.13 Å². The normalized spacial score (nSPS) is 20.7. The van der Waals surface area contributed by atoms with Gasteiger partial charge >= 0.3 is 0 Å². The van der Waals surface area contributed by atoms with Crippen LogP contribution in [0.15, 0.2) is 0 Å². The first kappa shape index (κ1) is 13.4. The molecule has 106 valence electrons. The average molecular weight is 280 g/mol. The minimum absolute atomic E-state index is 0.158. The van der Waals surface area contributed by atoms with Gasteiger partial charge in [-0.15, -0.1) is 0 Å². The SMILES string of the molecule is CCN(c1nc(C2CC2)c(CO)s1)C1CCCCC1. The van der Waals surface area contributed by atoms with Crippen molar-refractivity contribution in [3.8, 4) is 0 Å². The quantitative estimate of drug-likeness (QED) is 0.894. The van der Waals surface area contributed by atoms with Crippen LogP contribution in [0, 0.1) is 0 Å². The molecule has 2 aliphatic rings. The van der Waals surface area contributed by atoms with E-state index in [1.165, 1.54) is 50.6 Å². The van der Waals surface area contributed by atoms with Gasteiger partial charge in [-0.25, -0.2) is 4.98 Å². The fourth-order valence-electron chi connectivity index (χ4n) is 3.20. The van der Waals surface area contributed by atoms with E-state index in [1.54, 1.807) is 11.3 Å². The van der Waals surface area contributed by atoms with E-state index in [2.05, 4.69) is 11.8 Å². The van der Waals surface area contributed by atoms with Gasteiger partial charge in [-0.1, -0.05) is 30.6 Å². The number of nitrogens with zero attached hydrogens (tertiary/aromatic N) is 2. The van der Waals surface area contributed by atoms with E-state index in [0.717, 1.165) is 16.6 Å². The lowest BCUT2D eigenvalue weighted by Crippen LogP contribution is -2.36. The fraction of sp³-hybridized carbons (Fsp3) is 0.800. The number of aliphatic hydroxyl groups is 1. The second-order valence-electron chi connectivity index (χ2n) is 5.82. The summed E-state index contributed by atoms with van der Waals surface area (Å²) in [5, 5.41) is 10.7. The third kappa shape index (κ3) is 2.79. The van der Waals surface area contributed by atoms with Crippen molar-refractivity contribution in [2.75, 3.05) is 11.4 Å². The van der Waals surface area contributed by atoms with Crippen LogP contribution in [-0.2, 0) is 6.61 Å². The van der Waals surface area contributed by atoms with Gasteiger partial charge in [0.15, 0.2) is 5.13 Å². The van der Waals surface area contributed by atoms with Crippen LogP contribution in [0.1, 0.15) is 68.4 Å². The number of hydrogen-bond donors (Lipinski definition) is 1. The molecule has 0 amide bonds. The van der Waals surface area contributed by atoms with Gasteiger partial charge in [0.1, 0.15) is 0 Å². The van der Waals surface area contributed by atoms with E-state index < -0.39 is 0 Å². The van der Waals surface area contributed by atoms with Crippen molar-refractivity contribution in [2.45, 2.75) is 70.4 Å². The van der Waals surface area contributed by atoms with Crippen molar-refractivity contribution >= 4 is 16.5 Å². The summed E-state index contributed by atoms with van der Waals surface area (Å²) in [5.41, 5.74) is 1.19. The molecule has 0 unspecified atom stereocenters. The molecule has 0 spiro atoms. The van der Waals surface area contributed by atoms with Crippen molar-refractivity contribution in [2.24, 2.45) is 0 Å². The second-order valence-corrected chi connectivity index (χ2v) is 6.88. The Kier molecular flexibility index (Phi) is 4.08. The zero-order valence-electron chi connectivity index (χ0n) is 11.8. The topological polar surface area (TPSA) is 36.4 Å². The lowest BCUT2D eigenvalue weighted by molar-refractivity contribution is 0.284. The summed E-state index contributed by atoms with van der Waals surface area (Å²) in [5.74, 6) is 0.636. The molecule has 0 bridgehead atoms. The predicted octanol–water partition coefficient (Wildman–Crippen LogP) is 3.67. The molecule has 3 nitrogen and oxygen atoms in total.